The van der Waals surface area contributed by atoms with Gasteiger partial charge in [0.25, 0.3) is 5.56 Å². The molecule has 2 rings (SSSR count). The van der Waals surface area contributed by atoms with Gasteiger partial charge in [-0.1, -0.05) is 0 Å². The van der Waals surface area contributed by atoms with Gasteiger partial charge in [-0.3, -0.25) is 9.69 Å². The van der Waals surface area contributed by atoms with Crippen LogP contribution in [0.25, 0.3) is 0 Å². The standard InChI is InChI=1S/C11H18N4O/c1-8-6-15(7-9(2)14(8)3)10-4-11(16)13-12-5-10/h4-5,8-9H,6-7H2,1-3H3,(H,13,16). The molecule has 0 bridgehead atoms. The highest BCUT2D eigenvalue weighted by atomic mass is 16.1. The highest BCUT2D eigenvalue weighted by Gasteiger charge is 2.26. The van der Waals surface area contributed by atoms with Crippen LogP contribution >= 0.6 is 0 Å². The van der Waals surface area contributed by atoms with Gasteiger partial charge in [0.15, 0.2) is 0 Å². The van der Waals surface area contributed by atoms with Gasteiger partial charge >= 0.3 is 0 Å². The Morgan fingerprint density at radius 1 is 1.38 bits per heavy atom. The SMILES string of the molecule is CC1CN(c2cn[nH]c(=O)c2)CC(C)N1C. The summed E-state index contributed by atoms with van der Waals surface area (Å²) in [7, 11) is 2.14. The van der Waals surface area contributed by atoms with Crippen LogP contribution in [0.4, 0.5) is 5.69 Å². The second-order valence-electron chi connectivity index (χ2n) is 4.57. The zero-order chi connectivity index (χ0) is 11.7. The van der Waals surface area contributed by atoms with Crippen LogP contribution in [-0.4, -0.2) is 47.3 Å². The number of nitrogens with one attached hydrogen (secondary N) is 1. The van der Waals surface area contributed by atoms with Crippen molar-refractivity contribution in [2.45, 2.75) is 25.9 Å². The minimum Gasteiger partial charge on any atom is -0.367 e. The molecule has 88 valence electrons. The maximum atomic E-state index is 11.2. The first-order valence-corrected chi connectivity index (χ1v) is 5.59. The molecule has 0 aromatic carbocycles. The maximum absolute atomic E-state index is 11.2. The van der Waals surface area contributed by atoms with Gasteiger partial charge in [0.05, 0.1) is 11.9 Å². The Morgan fingerprint density at radius 2 is 2.00 bits per heavy atom. The van der Waals surface area contributed by atoms with E-state index in [4.69, 9.17) is 0 Å². The van der Waals surface area contributed by atoms with Crippen molar-refractivity contribution in [3.05, 3.63) is 22.6 Å². The Bertz CT molecular complexity index is 404. The molecule has 0 amide bonds. The summed E-state index contributed by atoms with van der Waals surface area (Å²) in [5, 5.41) is 6.24. The first-order chi connectivity index (χ1) is 7.58. The molecule has 1 aromatic rings. The molecule has 1 fully saturated rings. The number of likely N-dealkylation sites (N-methyl/N-ethyl adjacent to an activating group) is 1. The van der Waals surface area contributed by atoms with Crippen LogP contribution in [0.3, 0.4) is 0 Å². The second kappa shape index (κ2) is 4.25. The molecule has 0 saturated carbocycles. The highest BCUT2D eigenvalue weighted by Crippen LogP contribution is 2.18. The normalized spacial score (nSPS) is 27.1. The topological polar surface area (TPSA) is 52.2 Å². The zero-order valence-electron chi connectivity index (χ0n) is 9.97. The zero-order valence-corrected chi connectivity index (χ0v) is 9.97. The van der Waals surface area contributed by atoms with Crippen LogP contribution in [-0.2, 0) is 0 Å². The van der Waals surface area contributed by atoms with E-state index in [-0.39, 0.29) is 5.56 Å². The van der Waals surface area contributed by atoms with Crippen molar-refractivity contribution in [1.29, 1.82) is 0 Å². The molecule has 2 heterocycles. The molecule has 16 heavy (non-hydrogen) atoms. The lowest BCUT2D eigenvalue weighted by atomic mass is 10.1. The quantitative estimate of drug-likeness (QED) is 0.742. The molecule has 1 aliphatic heterocycles. The van der Waals surface area contributed by atoms with Gasteiger partial charge in [0, 0.05) is 31.2 Å². The first-order valence-electron chi connectivity index (χ1n) is 5.59. The van der Waals surface area contributed by atoms with E-state index in [1.54, 1.807) is 12.3 Å². The molecule has 5 heteroatoms. The first kappa shape index (κ1) is 11.1. The van der Waals surface area contributed by atoms with Crippen molar-refractivity contribution in [3.63, 3.8) is 0 Å². The number of H-pyrrole nitrogens is 1. The van der Waals surface area contributed by atoms with Gasteiger partial charge < -0.3 is 4.90 Å². The summed E-state index contributed by atoms with van der Waals surface area (Å²) in [5.74, 6) is 0. The van der Waals surface area contributed by atoms with Gasteiger partial charge in [-0.25, -0.2) is 5.10 Å². The minimum absolute atomic E-state index is 0.142. The number of aromatic nitrogens is 2. The fourth-order valence-electron chi connectivity index (χ4n) is 2.15. The molecule has 2 unspecified atom stereocenters. The largest absolute Gasteiger partial charge is 0.367 e. The third kappa shape index (κ3) is 2.09. The summed E-state index contributed by atoms with van der Waals surface area (Å²) >= 11 is 0. The van der Waals surface area contributed by atoms with E-state index in [2.05, 4.69) is 40.9 Å². The summed E-state index contributed by atoms with van der Waals surface area (Å²) in [6, 6.07) is 2.59. The van der Waals surface area contributed by atoms with Crippen molar-refractivity contribution in [1.82, 2.24) is 15.1 Å². The Kier molecular flexibility index (Phi) is 2.96. The van der Waals surface area contributed by atoms with Crippen LogP contribution in [0.2, 0.25) is 0 Å². The molecule has 1 N–H and O–H groups in total. The van der Waals surface area contributed by atoms with E-state index in [0.29, 0.717) is 12.1 Å². The van der Waals surface area contributed by atoms with Gasteiger partial charge in [-0.2, -0.15) is 5.10 Å². The Hall–Kier alpha value is -1.36. The van der Waals surface area contributed by atoms with Crippen LogP contribution in [0.5, 0.6) is 0 Å². The van der Waals surface area contributed by atoms with Crippen molar-refractivity contribution in [2.75, 3.05) is 25.0 Å². The van der Waals surface area contributed by atoms with Crippen LogP contribution in [0.1, 0.15) is 13.8 Å². The van der Waals surface area contributed by atoms with Gasteiger partial charge in [0.2, 0.25) is 0 Å². The minimum atomic E-state index is -0.142. The lowest BCUT2D eigenvalue weighted by molar-refractivity contribution is 0.170. The number of aromatic amines is 1. The maximum Gasteiger partial charge on any atom is 0.266 e. The summed E-state index contributed by atoms with van der Waals surface area (Å²) in [5.41, 5.74) is 0.771. The molecule has 0 aliphatic carbocycles. The van der Waals surface area contributed by atoms with Crippen molar-refractivity contribution < 1.29 is 0 Å². The summed E-state index contributed by atoms with van der Waals surface area (Å²) in [6.07, 6.45) is 1.71. The lowest BCUT2D eigenvalue weighted by Gasteiger charge is -2.43. The van der Waals surface area contributed by atoms with E-state index >= 15 is 0 Å². The van der Waals surface area contributed by atoms with Crippen molar-refractivity contribution >= 4 is 5.69 Å². The number of nitrogens with zero attached hydrogens (tertiary/aromatic N) is 3. The molecule has 5 nitrogen and oxygen atoms in total. The predicted molar refractivity (Wildman–Crippen MR) is 63.8 cm³/mol. The summed E-state index contributed by atoms with van der Waals surface area (Å²) in [4.78, 5) is 15.8. The Labute approximate surface area is 95.1 Å². The van der Waals surface area contributed by atoms with Gasteiger partial charge in [-0.15, -0.1) is 0 Å². The van der Waals surface area contributed by atoms with E-state index < -0.39 is 0 Å². The third-order valence-electron chi connectivity index (χ3n) is 3.38. The molecule has 2 atom stereocenters. The summed E-state index contributed by atoms with van der Waals surface area (Å²) < 4.78 is 0. The smallest absolute Gasteiger partial charge is 0.266 e. The fraction of sp³-hybridized carbons (Fsp3) is 0.636. The molecule has 0 radical (unpaired) electrons. The van der Waals surface area contributed by atoms with Crippen molar-refractivity contribution in [2.24, 2.45) is 0 Å². The fourth-order valence-corrected chi connectivity index (χ4v) is 2.15. The molecule has 0 spiro atoms. The molecule has 1 aromatic heterocycles. The molecule has 1 aliphatic rings. The number of hydrogen-bond acceptors (Lipinski definition) is 4. The number of anilines is 1. The van der Waals surface area contributed by atoms with Gasteiger partial charge in [-0.05, 0) is 20.9 Å². The number of piperazine rings is 1. The Morgan fingerprint density at radius 3 is 2.56 bits per heavy atom. The second-order valence-corrected chi connectivity index (χ2v) is 4.57. The van der Waals surface area contributed by atoms with Crippen LogP contribution in [0.15, 0.2) is 17.1 Å². The van der Waals surface area contributed by atoms with Crippen LogP contribution < -0.4 is 10.5 Å². The van der Waals surface area contributed by atoms with Crippen LogP contribution in [0, 0.1) is 0 Å². The molecular formula is C11H18N4O. The van der Waals surface area contributed by atoms with Gasteiger partial charge in [0.1, 0.15) is 0 Å². The highest BCUT2D eigenvalue weighted by molar-refractivity contribution is 5.43. The van der Waals surface area contributed by atoms with E-state index in [1.807, 2.05) is 0 Å². The van der Waals surface area contributed by atoms with E-state index in [9.17, 15) is 4.79 Å². The Balaban J connectivity index is 2.20. The summed E-state index contributed by atoms with van der Waals surface area (Å²) in [6.45, 7) is 6.27. The average molecular weight is 222 g/mol. The third-order valence-corrected chi connectivity index (χ3v) is 3.38. The van der Waals surface area contributed by atoms with E-state index in [0.717, 1.165) is 18.8 Å². The van der Waals surface area contributed by atoms with E-state index in [1.165, 1.54) is 0 Å². The number of hydrogen-bond donors (Lipinski definition) is 1. The number of rotatable bonds is 1. The molecular weight excluding hydrogens is 204 g/mol. The predicted octanol–water partition coefficient (Wildman–Crippen LogP) is 0.299. The average Bonchev–Trinajstić information content (AvgIpc) is 2.25. The van der Waals surface area contributed by atoms with Crippen molar-refractivity contribution in [3.8, 4) is 0 Å². The monoisotopic (exact) mass is 222 g/mol. The lowest BCUT2D eigenvalue weighted by Crippen LogP contribution is -2.55. The molecule has 1 saturated heterocycles.